The van der Waals surface area contributed by atoms with Crippen LogP contribution in [0.3, 0.4) is 0 Å². The van der Waals surface area contributed by atoms with E-state index in [2.05, 4.69) is 16.0 Å². The number of carboxylic acid groups (broad SMARTS) is 1. The maximum Gasteiger partial charge on any atom is 0.326 e. The fraction of sp³-hybridized carbons (Fsp3) is 0.476. The number of amides is 4. The molecule has 13 heteroatoms. The van der Waals surface area contributed by atoms with Gasteiger partial charge in [0.05, 0.1) is 6.54 Å². The molecule has 0 aromatic heterocycles. The van der Waals surface area contributed by atoms with Crippen molar-refractivity contribution in [3.63, 3.8) is 0 Å². The van der Waals surface area contributed by atoms with Crippen LogP contribution in [0, 0.1) is 0 Å². The first-order valence-corrected chi connectivity index (χ1v) is 11.8. The highest BCUT2D eigenvalue weighted by Gasteiger charge is 2.29. The van der Waals surface area contributed by atoms with E-state index in [1.54, 1.807) is 0 Å². The molecule has 0 fully saturated rings. The summed E-state index contributed by atoms with van der Waals surface area (Å²) in [5, 5.41) is 26.2. The number of benzene rings is 1. The SMILES string of the molecule is CSCCC(NC(=O)CN)C(=O)NC(CCC(N)=O)C(=O)NC(Cc1ccc(O)cc1)C(=O)O. The molecule has 1 aromatic rings. The topological polar surface area (TPSA) is 214 Å². The number of carbonyl (C=O) groups is 5. The van der Waals surface area contributed by atoms with Crippen LogP contribution in [0.5, 0.6) is 5.75 Å². The summed E-state index contributed by atoms with van der Waals surface area (Å²) in [5.74, 6) is -3.53. The van der Waals surface area contributed by atoms with Crippen molar-refractivity contribution < 1.29 is 34.2 Å². The van der Waals surface area contributed by atoms with Crippen molar-refractivity contribution in [3.8, 4) is 5.75 Å². The minimum atomic E-state index is -1.34. The molecule has 9 N–H and O–H groups in total. The molecule has 0 aliphatic carbocycles. The van der Waals surface area contributed by atoms with Crippen molar-refractivity contribution in [3.05, 3.63) is 29.8 Å². The number of nitrogens with two attached hydrogens (primary N) is 2. The van der Waals surface area contributed by atoms with Crippen molar-refractivity contribution in [2.24, 2.45) is 11.5 Å². The molecular weight excluding hydrogens is 466 g/mol. The van der Waals surface area contributed by atoms with Gasteiger partial charge in [-0.2, -0.15) is 11.8 Å². The Morgan fingerprint density at radius 1 is 0.941 bits per heavy atom. The number of carbonyl (C=O) groups excluding carboxylic acids is 4. The highest BCUT2D eigenvalue weighted by atomic mass is 32.2. The third kappa shape index (κ3) is 10.5. The van der Waals surface area contributed by atoms with E-state index in [0.29, 0.717) is 11.3 Å². The van der Waals surface area contributed by atoms with Crippen molar-refractivity contribution in [1.82, 2.24) is 16.0 Å². The first kappa shape index (κ1) is 28.7. The van der Waals surface area contributed by atoms with E-state index in [9.17, 15) is 34.2 Å². The van der Waals surface area contributed by atoms with Crippen LogP contribution in [0.4, 0.5) is 0 Å². The van der Waals surface area contributed by atoms with Crippen LogP contribution in [0.15, 0.2) is 24.3 Å². The van der Waals surface area contributed by atoms with E-state index in [1.165, 1.54) is 36.0 Å². The molecule has 0 aliphatic rings. The van der Waals surface area contributed by atoms with Crippen LogP contribution in [0.2, 0.25) is 0 Å². The predicted molar refractivity (Wildman–Crippen MR) is 126 cm³/mol. The zero-order valence-electron chi connectivity index (χ0n) is 18.8. The summed E-state index contributed by atoms with van der Waals surface area (Å²) >= 11 is 1.45. The second-order valence-electron chi connectivity index (χ2n) is 7.44. The predicted octanol–water partition coefficient (Wildman–Crippen LogP) is -1.55. The fourth-order valence-corrected chi connectivity index (χ4v) is 3.40. The van der Waals surface area contributed by atoms with Gasteiger partial charge < -0.3 is 37.6 Å². The quantitative estimate of drug-likeness (QED) is 0.149. The number of aliphatic carboxylic acids is 1. The first-order chi connectivity index (χ1) is 16.1. The standard InChI is InChI=1S/C21H31N5O7S/c1-34-9-8-15(24-18(29)11-22)20(31)25-14(6-7-17(23)28)19(30)26-16(21(32)33)10-12-2-4-13(27)5-3-12/h2-5,14-16,27H,6-11,22H2,1H3,(H2,23,28)(H,24,29)(H,25,31)(H,26,30)(H,32,33). The number of hydrogen-bond acceptors (Lipinski definition) is 8. The molecule has 0 aliphatic heterocycles. The van der Waals surface area contributed by atoms with E-state index in [0.717, 1.165) is 0 Å². The summed E-state index contributed by atoms with van der Waals surface area (Å²) in [6, 6.07) is 2.22. The van der Waals surface area contributed by atoms with Gasteiger partial charge in [0, 0.05) is 12.8 Å². The zero-order valence-corrected chi connectivity index (χ0v) is 19.6. The zero-order chi connectivity index (χ0) is 25.7. The second kappa shape index (κ2) is 14.8. The van der Waals surface area contributed by atoms with E-state index >= 15 is 0 Å². The van der Waals surface area contributed by atoms with Crippen molar-refractivity contribution in [2.45, 2.75) is 43.8 Å². The fourth-order valence-electron chi connectivity index (χ4n) is 2.93. The lowest BCUT2D eigenvalue weighted by atomic mass is 10.0. The van der Waals surface area contributed by atoms with Gasteiger partial charge in [0.1, 0.15) is 23.9 Å². The lowest BCUT2D eigenvalue weighted by Gasteiger charge is -2.24. The minimum absolute atomic E-state index is 0.00615. The molecule has 12 nitrogen and oxygen atoms in total. The van der Waals surface area contributed by atoms with Crippen LogP contribution in [0.1, 0.15) is 24.8 Å². The van der Waals surface area contributed by atoms with Crippen molar-refractivity contribution in [1.29, 1.82) is 0 Å². The van der Waals surface area contributed by atoms with Gasteiger partial charge in [0.2, 0.25) is 23.6 Å². The van der Waals surface area contributed by atoms with E-state index in [4.69, 9.17) is 11.5 Å². The average Bonchev–Trinajstić information content (AvgIpc) is 2.79. The van der Waals surface area contributed by atoms with Gasteiger partial charge in [-0.15, -0.1) is 0 Å². The second-order valence-corrected chi connectivity index (χ2v) is 8.43. The molecule has 34 heavy (non-hydrogen) atoms. The van der Waals surface area contributed by atoms with Crippen LogP contribution in [-0.2, 0) is 30.4 Å². The number of hydrogen-bond donors (Lipinski definition) is 7. The molecule has 4 amide bonds. The smallest absolute Gasteiger partial charge is 0.326 e. The van der Waals surface area contributed by atoms with Crippen molar-refractivity contribution >= 4 is 41.4 Å². The summed E-state index contributed by atoms with van der Waals surface area (Å²) in [7, 11) is 0. The molecule has 3 unspecified atom stereocenters. The molecule has 3 atom stereocenters. The highest BCUT2D eigenvalue weighted by Crippen LogP contribution is 2.12. The van der Waals surface area contributed by atoms with Gasteiger partial charge in [0.25, 0.3) is 0 Å². The van der Waals surface area contributed by atoms with Crippen LogP contribution < -0.4 is 27.4 Å². The van der Waals surface area contributed by atoms with E-state index < -0.39 is 47.7 Å². The van der Waals surface area contributed by atoms with Gasteiger partial charge in [-0.1, -0.05) is 12.1 Å². The van der Waals surface area contributed by atoms with Gasteiger partial charge in [0.15, 0.2) is 0 Å². The van der Waals surface area contributed by atoms with Gasteiger partial charge in [-0.25, -0.2) is 4.79 Å². The van der Waals surface area contributed by atoms with Gasteiger partial charge in [-0.3, -0.25) is 19.2 Å². The summed E-state index contributed by atoms with van der Waals surface area (Å²) in [6.07, 6.45) is 1.60. The molecule has 1 rings (SSSR count). The Bertz CT molecular complexity index is 866. The molecule has 188 valence electrons. The first-order valence-electron chi connectivity index (χ1n) is 10.5. The summed E-state index contributed by atoms with van der Waals surface area (Å²) in [5.41, 5.74) is 11.0. The monoisotopic (exact) mass is 497 g/mol. The van der Waals surface area contributed by atoms with E-state index in [-0.39, 0.29) is 38.0 Å². The normalized spacial score (nSPS) is 13.2. The molecule has 0 saturated carbocycles. The Morgan fingerprint density at radius 2 is 1.50 bits per heavy atom. The summed E-state index contributed by atoms with van der Waals surface area (Å²) in [6.45, 7) is -0.327. The number of primary amides is 1. The maximum atomic E-state index is 12.9. The molecule has 0 saturated heterocycles. The largest absolute Gasteiger partial charge is 0.508 e. The number of nitrogens with one attached hydrogen (secondary N) is 3. The highest BCUT2D eigenvalue weighted by molar-refractivity contribution is 7.98. The Balaban J connectivity index is 2.98. The Labute approximate surface area is 201 Å². The number of phenolic OH excluding ortho intramolecular Hbond substituents is 1. The molecule has 1 aromatic carbocycles. The number of thioether (sulfide) groups is 1. The Kier molecular flexibility index (Phi) is 12.5. The van der Waals surface area contributed by atoms with Gasteiger partial charge >= 0.3 is 5.97 Å². The summed E-state index contributed by atoms with van der Waals surface area (Å²) < 4.78 is 0. The third-order valence-corrected chi connectivity index (χ3v) is 5.39. The number of phenols is 1. The molecular formula is C21H31N5O7S. The van der Waals surface area contributed by atoms with Crippen LogP contribution >= 0.6 is 11.8 Å². The number of rotatable bonds is 15. The number of aromatic hydroxyl groups is 1. The van der Waals surface area contributed by atoms with Gasteiger partial charge in [-0.05, 0) is 42.5 Å². The van der Waals surface area contributed by atoms with Crippen molar-refractivity contribution in [2.75, 3.05) is 18.6 Å². The third-order valence-electron chi connectivity index (χ3n) is 4.75. The van der Waals surface area contributed by atoms with Crippen LogP contribution in [0.25, 0.3) is 0 Å². The minimum Gasteiger partial charge on any atom is -0.508 e. The lowest BCUT2D eigenvalue weighted by molar-refractivity contribution is -0.142. The maximum absolute atomic E-state index is 12.9. The molecule has 0 heterocycles. The lowest BCUT2D eigenvalue weighted by Crippen LogP contribution is -2.56. The van der Waals surface area contributed by atoms with Crippen LogP contribution in [-0.4, -0.2) is 76.5 Å². The average molecular weight is 498 g/mol. The molecule has 0 spiro atoms. The van der Waals surface area contributed by atoms with E-state index in [1.807, 2.05) is 6.26 Å². The Hall–Kier alpha value is -3.32. The Morgan fingerprint density at radius 3 is 2.00 bits per heavy atom. The number of carboxylic acids is 1. The molecule has 0 bridgehead atoms. The molecule has 0 radical (unpaired) electrons. The summed E-state index contributed by atoms with van der Waals surface area (Å²) in [4.78, 5) is 60.3.